The van der Waals surface area contributed by atoms with Gasteiger partial charge in [0.25, 0.3) is 0 Å². The molecule has 0 aliphatic rings. The normalized spacial score (nSPS) is 10.1. The molecule has 7 heteroatoms. The average Bonchev–Trinajstić information content (AvgIpc) is 2.15. The Morgan fingerprint density at radius 1 is 1.47 bits per heavy atom. The van der Waals surface area contributed by atoms with E-state index < -0.39 is 6.16 Å². The fraction of sp³-hybridized carbons (Fsp3) is 0.125. The van der Waals surface area contributed by atoms with E-state index in [0.29, 0.717) is 10.0 Å². The van der Waals surface area contributed by atoms with Gasteiger partial charge in [0.1, 0.15) is 0 Å². The predicted molar refractivity (Wildman–Crippen MR) is 64.2 cm³/mol. The Kier molecular flexibility index (Phi) is 5.05. The van der Waals surface area contributed by atoms with E-state index in [1.807, 2.05) is 0 Å². The maximum absolute atomic E-state index is 12.2. The largest absolute Gasteiger partial charge is 0.410 e. The average molecular weight is 286 g/mol. The summed E-state index contributed by atoms with van der Waals surface area (Å²) in [5, 5.41) is 1.00. The summed E-state index contributed by atoms with van der Waals surface area (Å²) in [6.07, 6.45) is -1.50. The van der Waals surface area contributed by atoms with E-state index in [-0.39, 0.29) is 0 Å². The standard InChI is InChI=1S/C8H6Cl2FNOS2/c1-12(8(11)13)15-14-7-3-2-5(9)4-6(7)10/h2-4H,1H3. The molecule has 0 unspecified atom stereocenters. The molecule has 0 heterocycles. The molecule has 0 aromatic heterocycles. The topological polar surface area (TPSA) is 20.3 Å². The number of benzene rings is 1. The van der Waals surface area contributed by atoms with Crippen LogP contribution in [0.4, 0.5) is 9.18 Å². The van der Waals surface area contributed by atoms with Crippen LogP contribution in [0.5, 0.6) is 0 Å². The maximum atomic E-state index is 12.2. The van der Waals surface area contributed by atoms with Crippen molar-refractivity contribution in [3.05, 3.63) is 28.2 Å². The van der Waals surface area contributed by atoms with Crippen LogP contribution in [0.1, 0.15) is 0 Å². The second kappa shape index (κ2) is 5.84. The van der Waals surface area contributed by atoms with Gasteiger partial charge in [0, 0.05) is 27.9 Å². The van der Waals surface area contributed by atoms with Crippen molar-refractivity contribution >= 4 is 51.1 Å². The van der Waals surface area contributed by atoms with Crippen LogP contribution >= 0.6 is 45.0 Å². The third kappa shape index (κ3) is 4.10. The molecule has 1 rings (SSSR count). The van der Waals surface area contributed by atoms with Gasteiger partial charge in [-0.15, -0.1) is 4.39 Å². The van der Waals surface area contributed by atoms with Gasteiger partial charge in [0.05, 0.1) is 5.02 Å². The quantitative estimate of drug-likeness (QED) is 0.348. The van der Waals surface area contributed by atoms with E-state index in [0.717, 1.165) is 20.2 Å². The van der Waals surface area contributed by atoms with Crippen LogP contribution in [0.3, 0.4) is 0 Å². The first kappa shape index (κ1) is 13.0. The van der Waals surface area contributed by atoms with E-state index in [4.69, 9.17) is 23.2 Å². The number of rotatable bonds is 3. The van der Waals surface area contributed by atoms with Crippen LogP contribution in [-0.4, -0.2) is 17.5 Å². The first-order valence-electron chi connectivity index (χ1n) is 3.73. The minimum absolute atomic E-state index is 0.472. The van der Waals surface area contributed by atoms with Gasteiger partial charge in [0.15, 0.2) is 0 Å². The molecule has 0 saturated heterocycles. The number of halogens is 3. The molecule has 1 aromatic carbocycles. The Hall–Kier alpha value is -0.100. The number of hydrogen-bond acceptors (Lipinski definition) is 3. The van der Waals surface area contributed by atoms with Crippen LogP contribution in [0.15, 0.2) is 23.1 Å². The molecule has 0 saturated carbocycles. The maximum Gasteiger partial charge on any atom is 0.410 e. The smallest absolute Gasteiger partial charge is 0.251 e. The molecule has 2 nitrogen and oxygen atoms in total. The molecule has 0 aliphatic heterocycles. The summed E-state index contributed by atoms with van der Waals surface area (Å²) in [7, 11) is 3.48. The lowest BCUT2D eigenvalue weighted by Gasteiger charge is -2.09. The van der Waals surface area contributed by atoms with Crippen molar-refractivity contribution in [2.24, 2.45) is 0 Å². The third-order valence-corrected chi connectivity index (χ3v) is 4.45. The highest BCUT2D eigenvalue weighted by molar-refractivity contribution is 8.76. The minimum Gasteiger partial charge on any atom is -0.251 e. The zero-order valence-corrected chi connectivity index (χ0v) is 10.7. The number of hydrogen-bond donors (Lipinski definition) is 0. The summed E-state index contributed by atoms with van der Waals surface area (Å²) in [6.45, 7) is 0. The fourth-order valence-corrected chi connectivity index (χ4v) is 3.03. The van der Waals surface area contributed by atoms with Gasteiger partial charge in [-0.3, -0.25) is 4.31 Å². The van der Waals surface area contributed by atoms with Crippen molar-refractivity contribution in [2.45, 2.75) is 4.90 Å². The van der Waals surface area contributed by atoms with Crippen molar-refractivity contribution in [2.75, 3.05) is 7.05 Å². The van der Waals surface area contributed by atoms with Crippen LogP contribution in [0.2, 0.25) is 10.0 Å². The number of nitrogens with zero attached hydrogens (tertiary/aromatic N) is 1. The molecule has 0 fully saturated rings. The van der Waals surface area contributed by atoms with E-state index in [9.17, 15) is 9.18 Å². The van der Waals surface area contributed by atoms with Gasteiger partial charge < -0.3 is 0 Å². The van der Waals surface area contributed by atoms with Crippen molar-refractivity contribution in [1.29, 1.82) is 0 Å². The molecule has 1 amide bonds. The Labute approximate surface area is 105 Å². The summed E-state index contributed by atoms with van der Waals surface area (Å²) < 4.78 is 13.0. The van der Waals surface area contributed by atoms with Crippen molar-refractivity contribution < 1.29 is 9.18 Å². The molecule has 82 valence electrons. The zero-order valence-electron chi connectivity index (χ0n) is 7.54. The second-order valence-corrected chi connectivity index (χ2v) is 5.58. The lowest BCUT2D eigenvalue weighted by Crippen LogP contribution is -2.10. The molecule has 0 radical (unpaired) electrons. The van der Waals surface area contributed by atoms with Crippen molar-refractivity contribution in [3.8, 4) is 0 Å². The molecule has 0 spiro atoms. The van der Waals surface area contributed by atoms with Crippen LogP contribution < -0.4 is 0 Å². The molecule has 15 heavy (non-hydrogen) atoms. The third-order valence-electron chi connectivity index (χ3n) is 1.38. The number of amides is 1. The highest BCUT2D eigenvalue weighted by atomic mass is 35.5. The van der Waals surface area contributed by atoms with Crippen LogP contribution in [0.25, 0.3) is 0 Å². The summed E-state index contributed by atoms with van der Waals surface area (Å²) in [5.41, 5.74) is 0. The molecule has 0 bridgehead atoms. The van der Waals surface area contributed by atoms with E-state index in [2.05, 4.69) is 0 Å². The summed E-state index contributed by atoms with van der Waals surface area (Å²) in [5.74, 6) is 0. The molecule has 0 N–H and O–H groups in total. The van der Waals surface area contributed by atoms with Gasteiger partial charge in [-0.25, -0.2) is 4.79 Å². The van der Waals surface area contributed by atoms with E-state index in [1.54, 1.807) is 18.2 Å². The minimum atomic E-state index is -1.50. The van der Waals surface area contributed by atoms with Crippen molar-refractivity contribution in [1.82, 2.24) is 4.31 Å². The van der Waals surface area contributed by atoms with E-state index in [1.165, 1.54) is 17.8 Å². The lowest BCUT2D eigenvalue weighted by molar-refractivity contribution is 0.210. The number of carbonyl (C=O) groups excluding carboxylic acids is 1. The summed E-state index contributed by atoms with van der Waals surface area (Å²) >= 11 is 11.6. The Bertz CT molecular complexity index is 378. The van der Waals surface area contributed by atoms with Crippen LogP contribution in [0, 0.1) is 0 Å². The number of carbonyl (C=O) groups is 1. The fourth-order valence-electron chi connectivity index (χ4n) is 0.668. The van der Waals surface area contributed by atoms with Gasteiger partial charge >= 0.3 is 6.16 Å². The van der Waals surface area contributed by atoms with Gasteiger partial charge in [-0.2, -0.15) is 0 Å². The monoisotopic (exact) mass is 285 g/mol. The molecular formula is C8H6Cl2FNOS2. The Balaban J connectivity index is 2.62. The molecule has 0 atom stereocenters. The SMILES string of the molecule is CN(SSc1ccc(Cl)cc1Cl)C(=O)F. The highest BCUT2D eigenvalue weighted by Crippen LogP contribution is 2.38. The van der Waals surface area contributed by atoms with E-state index >= 15 is 0 Å². The summed E-state index contributed by atoms with van der Waals surface area (Å²) in [4.78, 5) is 11.0. The Morgan fingerprint density at radius 2 is 2.13 bits per heavy atom. The van der Waals surface area contributed by atoms with Gasteiger partial charge in [-0.1, -0.05) is 23.2 Å². The highest BCUT2D eigenvalue weighted by Gasteiger charge is 2.09. The Morgan fingerprint density at radius 3 is 2.67 bits per heavy atom. The van der Waals surface area contributed by atoms with Gasteiger partial charge in [0.2, 0.25) is 0 Å². The van der Waals surface area contributed by atoms with Crippen LogP contribution in [-0.2, 0) is 0 Å². The first-order valence-corrected chi connectivity index (χ1v) is 6.60. The lowest BCUT2D eigenvalue weighted by atomic mass is 10.4. The molecule has 1 aromatic rings. The van der Waals surface area contributed by atoms with Gasteiger partial charge in [-0.05, 0) is 29.0 Å². The molecular weight excluding hydrogens is 280 g/mol. The molecule has 0 aliphatic carbocycles. The predicted octanol–water partition coefficient (Wildman–Crippen LogP) is 4.67. The first-order chi connectivity index (χ1) is 7.00. The second-order valence-electron chi connectivity index (χ2n) is 2.48. The zero-order chi connectivity index (χ0) is 11.4. The summed E-state index contributed by atoms with van der Waals surface area (Å²) in [6, 6.07) is 4.97. The van der Waals surface area contributed by atoms with Crippen molar-refractivity contribution in [3.63, 3.8) is 0 Å².